The molecule has 1 amide bonds. The monoisotopic (exact) mass is 332 g/mol. The lowest BCUT2D eigenvalue weighted by molar-refractivity contribution is -0.151. The number of carboxylic acids is 1. The highest BCUT2D eigenvalue weighted by molar-refractivity contribution is 5.87. The van der Waals surface area contributed by atoms with Crippen molar-refractivity contribution < 1.29 is 14.7 Å². The molecule has 0 aromatic rings. The molecule has 24 heavy (non-hydrogen) atoms. The Kier molecular flexibility index (Phi) is 4.37. The summed E-state index contributed by atoms with van der Waals surface area (Å²) in [7, 11) is 0. The minimum Gasteiger partial charge on any atom is -0.481 e. The molecule has 2 bridgehead atoms. The smallest absolute Gasteiger partial charge is 0.307 e. The minimum absolute atomic E-state index is 0.0602. The number of carboxylic acid groups (broad SMARTS) is 1. The summed E-state index contributed by atoms with van der Waals surface area (Å²) in [6.45, 7) is 3.42. The molecule has 3 fully saturated rings. The maximum atomic E-state index is 13.0. The molecule has 4 unspecified atom stereocenters. The summed E-state index contributed by atoms with van der Waals surface area (Å²) in [5.74, 6) is -1.36. The Bertz CT molecular complexity index is 533. The van der Waals surface area contributed by atoms with E-state index in [9.17, 15) is 14.7 Å². The topological polar surface area (TPSA) is 60.9 Å². The van der Waals surface area contributed by atoms with Gasteiger partial charge >= 0.3 is 5.97 Å². The molecule has 1 N–H and O–H groups in total. The van der Waals surface area contributed by atoms with E-state index in [1.165, 1.54) is 32.1 Å². The van der Waals surface area contributed by atoms with Crippen molar-refractivity contribution in [2.24, 2.45) is 23.7 Å². The molecule has 0 radical (unpaired) electrons. The average Bonchev–Trinajstić information content (AvgIpc) is 3.23. The van der Waals surface area contributed by atoms with Crippen LogP contribution < -0.4 is 0 Å². The van der Waals surface area contributed by atoms with Crippen LogP contribution in [-0.4, -0.2) is 59.0 Å². The summed E-state index contributed by atoms with van der Waals surface area (Å²) < 4.78 is 0. The van der Waals surface area contributed by atoms with Crippen LogP contribution in [0.2, 0.25) is 0 Å². The van der Waals surface area contributed by atoms with Crippen molar-refractivity contribution in [1.29, 1.82) is 0 Å². The van der Waals surface area contributed by atoms with Crippen LogP contribution in [0.3, 0.4) is 0 Å². The minimum atomic E-state index is -0.800. The SMILES string of the molecule is O=C(O)C1C2C=CC(C2)C1C(=O)N1CCN(C2CCCCC2)CC1. The molecule has 0 aromatic carbocycles. The fraction of sp³-hybridized carbons (Fsp3) is 0.789. The Morgan fingerprint density at radius 3 is 2.12 bits per heavy atom. The Labute approximate surface area is 143 Å². The van der Waals surface area contributed by atoms with Gasteiger partial charge < -0.3 is 10.0 Å². The van der Waals surface area contributed by atoms with Gasteiger partial charge in [-0.15, -0.1) is 0 Å². The van der Waals surface area contributed by atoms with E-state index >= 15 is 0 Å². The molecule has 4 atom stereocenters. The molecule has 0 aromatic heterocycles. The molecule has 5 nitrogen and oxygen atoms in total. The Hall–Kier alpha value is -1.36. The molecule has 3 aliphatic carbocycles. The number of allylic oxidation sites excluding steroid dienone is 2. The first-order valence-corrected chi connectivity index (χ1v) is 9.59. The van der Waals surface area contributed by atoms with Crippen LogP contribution in [-0.2, 0) is 9.59 Å². The molecule has 132 valence electrons. The zero-order chi connectivity index (χ0) is 16.7. The third-order valence-electron chi connectivity index (χ3n) is 6.75. The van der Waals surface area contributed by atoms with Crippen molar-refractivity contribution in [3.8, 4) is 0 Å². The number of hydrogen-bond donors (Lipinski definition) is 1. The van der Waals surface area contributed by atoms with E-state index in [1.54, 1.807) is 0 Å². The molecule has 2 saturated carbocycles. The van der Waals surface area contributed by atoms with Crippen LogP contribution in [0.5, 0.6) is 0 Å². The van der Waals surface area contributed by atoms with Crippen LogP contribution in [0.1, 0.15) is 38.5 Å². The molecule has 1 aliphatic heterocycles. The van der Waals surface area contributed by atoms with Gasteiger partial charge in [-0.25, -0.2) is 0 Å². The summed E-state index contributed by atoms with van der Waals surface area (Å²) in [5.41, 5.74) is 0. The highest BCUT2D eigenvalue weighted by atomic mass is 16.4. The van der Waals surface area contributed by atoms with Gasteiger partial charge in [0.2, 0.25) is 5.91 Å². The van der Waals surface area contributed by atoms with Crippen molar-refractivity contribution in [2.75, 3.05) is 26.2 Å². The van der Waals surface area contributed by atoms with Gasteiger partial charge in [-0.1, -0.05) is 31.4 Å². The highest BCUT2D eigenvalue weighted by Crippen LogP contribution is 2.48. The van der Waals surface area contributed by atoms with Gasteiger partial charge in [0.1, 0.15) is 0 Å². The lowest BCUT2D eigenvalue weighted by Crippen LogP contribution is -2.54. The van der Waals surface area contributed by atoms with Crippen LogP contribution in [0, 0.1) is 23.7 Å². The first kappa shape index (κ1) is 16.1. The highest BCUT2D eigenvalue weighted by Gasteiger charge is 2.52. The van der Waals surface area contributed by atoms with E-state index < -0.39 is 11.9 Å². The molecular formula is C19H28N2O3. The van der Waals surface area contributed by atoms with Gasteiger partial charge in [0.25, 0.3) is 0 Å². The summed E-state index contributed by atoms with van der Waals surface area (Å²) in [6.07, 6.45) is 11.6. The third kappa shape index (κ3) is 2.77. The third-order valence-corrected chi connectivity index (χ3v) is 6.75. The second-order valence-electron chi connectivity index (χ2n) is 7.99. The lowest BCUT2D eigenvalue weighted by atomic mass is 9.82. The first-order valence-electron chi connectivity index (χ1n) is 9.59. The molecule has 4 rings (SSSR count). The summed E-state index contributed by atoms with van der Waals surface area (Å²) in [4.78, 5) is 29.1. The summed E-state index contributed by atoms with van der Waals surface area (Å²) in [6, 6.07) is 0.702. The van der Waals surface area contributed by atoms with Crippen molar-refractivity contribution in [3.63, 3.8) is 0 Å². The molecule has 5 heteroatoms. The molecule has 1 heterocycles. The van der Waals surface area contributed by atoms with Crippen LogP contribution >= 0.6 is 0 Å². The van der Waals surface area contributed by atoms with Crippen LogP contribution in [0.25, 0.3) is 0 Å². The van der Waals surface area contributed by atoms with Gasteiger partial charge in [-0.3, -0.25) is 14.5 Å². The van der Waals surface area contributed by atoms with Gasteiger partial charge in [0.05, 0.1) is 11.8 Å². The predicted molar refractivity (Wildman–Crippen MR) is 90.4 cm³/mol. The second kappa shape index (κ2) is 6.51. The number of piperazine rings is 1. The fourth-order valence-electron chi connectivity index (χ4n) is 5.46. The maximum Gasteiger partial charge on any atom is 0.307 e. The normalized spacial score (nSPS) is 37.1. The van der Waals surface area contributed by atoms with E-state index in [2.05, 4.69) is 11.0 Å². The molecule has 1 saturated heterocycles. The molecule has 0 spiro atoms. The van der Waals surface area contributed by atoms with Crippen LogP contribution in [0.4, 0.5) is 0 Å². The Morgan fingerprint density at radius 2 is 1.50 bits per heavy atom. The quantitative estimate of drug-likeness (QED) is 0.803. The Balaban J connectivity index is 1.38. The van der Waals surface area contributed by atoms with Crippen molar-refractivity contribution >= 4 is 11.9 Å². The van der Waals surface area contributed by atoms with Gasteiger partial charge in [0, 0.05) is 32.2 Å². The number of fused-ring (bicyclic) bond motifs is 2. The average molecular weight is 332 g/mol. The van der Waals surface area contributed by atoms with E-state index in [0.717, 1.165) is 32.6 Å². The standard InChI is InChI=1S/C19H28N2O3/c22-18(16-13-6-7-14(12-13)17(16)19(23)24)21-10-8-20(9-11-21)15-4-2-1-3-5-15/h6-7,13-17H,1-5,8-12H2,(H,23,24). The summed E-state index contributed by atoms with van der Waals surface area (Å²) in [5, 5.41) is 9.55. The van der Waals surface area contributed by atoms with Gasteiger partial charge in [-0.2, -0.15) is 0 Å². The predicted octanol–water partition coefficient (Wildman–Crippen LogP) is 1.99. The van der Waals surface area contributed by atoms with Crippen molar-refractivity contribution in [3.05, 3.63) is 12.2 Å². The number of aliphatic carboxylic acids is 1. The van der Waals surface area contributed by atoms with E-state index in [4.69, 9.17) is 0 Å². The zero-order valence-electron chi connectivity index (χ0n) is 14.3. The number of rotatable bonds is 3. The van der Waals surface area contributed by atoms with Gasteiger partial charge in [-0.05, 0) is 31.1 Å². The van der Waals surface area contributed by atoms with E-state index in [1.807, 2.05) is 11.0 Å². The molecular weight excluding hydrogens is 304 g/mol. The van der Waals surface area contributed by atoms with Gasteiger partial charge in [0.15, 0.2) is 0 Å². The number of amides is 1. The zero-order valence-corrected chi connectivity index (χ0v) is 14.3. The number of nitrogens with zero attached hydrogens (tertiary/aromatic N) is 2. The Morgan fingerprint density at radius 1 is 0.875 bits per heavy atom. The fourth-order valence-corrected chi connectivity index (χ4v) is 5.46. The lowest BCUT2D eigenvalue weighted by Gasteiger charge is -2.42. The van der Waals surface area contributed by atoms with Crippen molar-refractivity contribution in [2.45, 2.75) is 44.6 Å². The van der Waals surface area contributed by atoms with E-state index in [0.29, 0.717) is 6.04 Å². The van der Waals surface area contributed by atoms with E-state index in [-0.39, 0.29) is 23.7 Å². The maximum absolute atomic E-state index is 13.0. The largest absolute Gasteiger partial charge is 0.481 e. The number of carbonyl (C=O) groups excluding carboxylic acids is 1. The number of hydrogen-bond acceptors (Lipinski definition) is 3. The first-order chi connectivity index (χ1) is 11.6. The second-order valence-corrected chi connectivity index (χ2v) is 7.99. The van der Waals surface area contributed by atoms with Crippen LogP contribution in [0.15, 0.2) is 12.2 Å². The summed E-state index contributed by atoms with van der Waals surface area (Å²) >= 11 is 0. The van der Waals surface area contributed by atoms with Crippen molar-refractivity contribution in [1.82, 2.24) is 9.80 Å². The molecule has 4 aliphatic rings. The number of carbonyl (C=O) groups is 2.